The Labute approximate surface area is 146 Å². The van der Waals surface area contributed by atoms with Gasteiger partial charge in [0.2, 0.25) is 0 Å². The molecule has 3 N–H and O–H groups in total. The number of carbonyl (C=O) groups excluding carboxylic acids is 2. The van der Waals surface area contributed by atoms with Crippen LogP contribution < -0.4 is 10.7 Å². The van der Waals surface area contributed by atoms with E-state index in [1.54, 1.807) is 30.5 Å². The fourth-order valence-electron chi connectivity index (χ4n) is 2.13. The first-order valence-electron chi connectivity index (χ1n) is 7.09. The molecule has 0 radical (unpaired) electrons. The van der Waals surface area contributed by atoms with Gasteiger partial charge in [-0.2, -0.15) is 5.10 Å². The van der Waals surface area contributed by atoms with E-state index in [0.29, 0.717) is 5.69 Å². The lowest BCUT2D eigenvalue weighted by molar-refractivity contribution is -0.136. The third-order valence-corrected chi connectivity index (χ3v) is 3.83. The molecule has 0 atom stereocenters. The van der Waals surface area contributed by atoms with E-state index in [-0.39, 0.29) is 0 Å². The number of para-hydroxylation sites is 1. The van der Waals surface area contributed by atoms with Crippen LogP contribution in [0.5, 0.6) is 0 Å². The van der Waals surface area contributed by atoms with Gasteiger partial charge in [-0.1, -0.05) is 34.1 Å². The van der Waals surface area contributed by atoms with Crippen molar-refractivity contribution in [1.29, 1.82) is 0 Å². The Bertz CT molecular complexity index is 916. The largest absolute Gasteiger partial charge is 0.361 e. The smallest absolute Gasteiger partial charge is 0.329 e. The fraction of sp³-hybridized carbons (Fsp3) is 0. The quantitative estimate of drug-likeness (QED) is 0.368. The summed E-state index contributed by atoms with van der Waals surface area (Å²) in [6.45, 7) is 0. The number of fused-ring (bicyclic) bond motifs is 1. The van der Waals surface area contributed by atoms with E-state index in [1.165, 1.54) is 6.21 Å². The predicted molar refractivity (Wildman–Crippen MR) is 96.8 cm³/mol. The minimum Gasteiger partial charge on any atom is -0.361 e. The second kappa shape index (κ2) is 7.10. The number of halogens is 1. The number of rotatable bonds is 3. The summed E-state index contributed by atoms with van der Waals surface area (Å²) in [4.78, 5) is 26.6. The van der Waals surface area contributed by atoms with Gasteiger partial charge in [-0.05, 0) is 30.3 Å². The lowest BCUT2D eigenvalue weighted by Gasteiger charge is -2.03. The predicted octanol–water partition coefficient (Wildman–Crippen LogP) is 3.02. The van der Waals surface area contributed by atoms with Crippen molar-refractivity contribution >= 4 is 50.5 Å². The van der Waals surface area contributed by atoms with Crippen molar-refractivity contribution in [2.24, 2.45) is 5.10 Å². The molecule has 2 aromatic carbocycles. The Morgan fingerprint density at radius 1 is 1.04 bits per heavy atom. The number of anilines is 1. The van der Waals surface area contributed by atoms with Gasteiger partial charge in [-0.3, -0.25) is 9.59 Å². The lowest BCUT2D eigenvalue weighted by Crippen LogP contribution is -2.32. The summed E-state index contributed by atoms with van der Waals surface area (Å²) in [7, 11) is 0. The molecule has 3 rings (SSSR count). The summed E-state index contributed by atoms with van der Waals surface area (Å²) in [5.41, 5.74) is 4.53. The highest BCUT2D eigenvalue weighted by atomic mass is 79.9. The summed E-state index contributed by atoms with van der Waals surface area (Å²) in [5.74, 6) is -1.62. The van der Waals surface area contributed by atoms with E-state index in [9.17, 15) is 9.59 Å². The molecule has 0 aliphatic carbocycles. The third-order valence-electron chi connectivity index (χ3n) is 3.30. The standard InChI is InChI=1S/C17H13BrN4O2/c18-12-5-7-13(8-6-12)21-16(23)17(24)22-20-10-11-9-19-15-4-2-1-3-14(11)15/h1-10,19H,(H,21,23)(H,22,24)/b20-10-. The Balaban J connectivity index is 1.60. The SMILES string of the molecule is O=C(N/N=C\c1c[nH]c2ccccc12)C(=O)Nc1ccc(Br)cc1. The van der Waals surface area contributed by atoms with Crippen molar-refractivity contribution in [2.75, 3.05) is 5.32 Å². The number of nitrogens with one attached hydrogen (secondary N) is 3. The normalized spacial score (nSPS) is 10.9. The summed E-state index contributed by atoms with van der Waals surface area (Å²) in [6, 6.07) is 14.6. The van der Waals surface area contributed by atoms with E-state index in [4.69, 9.17) is 0 Å². The van der Waals surface area contributed by atoms with Crippen molar-refractivity contribution in [1.82, 2.24) is 10.4 Å². The van der Waals surface area contributed by atoms with Crippen LogP contribution in [0.4, 0.5) is 5.69 Å². The number of aromatic amines is 1. The van der Waals surface area contributed by atoms with Crippen molar-refractivity contribution in [3.05, 3.63) is 64.8 Å². The number of amides is 2. The molecule has 0 saturated carbocycles. The van der Waals surface area contributed by atoms with E-state index >= 15 is 0 Å². The van der Waals surface area contributed by atoms with Gasteiger partial charge in [0.05, 0.1) is 6.21 Å². The van der Waals surface area contributed by atoms with Gasteiger partial charge in [0.1, 0.15) is 0 Å². The molecule has 120 valence electrons. The van der Waals surface area contributed by atoms with Crippen molar-refractivity contribution in [3.63, 3.8) is 0 Å². The molecule has 24 heavy (non-hydrogen) atoms. The Morgan fingerprint density at radius 2 is 1.79 bits per heavy atom. The number of hydrogen-bond donors (Lipinski definition) is 3. The average molecular weight is 385 g/mol. The van der Waals surface area contributed by atoms with Gasteiger partial charge in [0.15, 0.2) is 0 Å². The molecule has 0 saturated heterocycles. The van der Waals surface area contributed by atoms with E-state index in [1.807, 2.05) is 24.3 Å². The van der Waals surface area contributed by atoms with E-state index in [2.05, 4.69) is 36.8 Å². The van der Waals surface area contributed by atoms with Crippen LogP contribution in [0.25, 0.3) is 10.9 Å². The molecule has 6 nitrogen and oxygen atoms in total. The molecule has 3 aromatic rings. The number of carbonyl (C=O) groups is 2. The van der Waals surface area contributed by atoms with Crippen LogP contribution in [0.2, 0.25) is 0 Å². The summed E-state index contributed by atoms with van der Waals surface area (Å²) in [6.07, 6.45) is 3.27. The molecule has 0 aliphatic heterocycles. The summed E-state index contributed by atoms with van der Waals surface area (Å²) in [5, 5.41) is 7.30. The Hall–Kier alpha value is -2.93. The van der Waals surface area contributed by atoms with Gasteiger partial charge in [-0.25, -0.2) is 5.43 Å². The zero-order valence-electron chi connectivity index (χ0n) is 12.4. The van der Waals surface area contributed by atoms with Crippen molar-refractivity contribution in [3.8, 4) is 0 Å². The number of nitrogens with zero attached hydrogens (tertiary/aromatic N) is 1. The van der Waals surface area contributed by atoms with Crippen molar-refractivity contribution in [2.45, 2.75) is 0 Å². The highest BCUT2D eigenvalue weighted by Gasteiger charge is 2.12. The minimum atomic E-state index is -0.839. The number of benzene rings is 2. The first kappa shape index (κ1) is 15.9. The lowest BCUT2D eigenvalue weighted by atomic mass is 10.2. The minimum absolute atomic E-state index is 0.527. The first-order valence-corrected chi connectivity index (χ1v) is 7.89. The molecule has 0 bridgehead atoms. The van der Waals surface area contributed by atoms with Crippen LogP contribution in [-0.4, -0.2) is 23.0 Å². The van der Waals surface area contributed by atoms with Gasteiger partial charge in [-0.15, -0.1) is 0 Å². The van der Waals surface area contributed by atoms with Crippen LogP contribution in [0.3, 0.4) is 0 Å². The maximum absolute atomic E-state index is 11.8. The number of aromatic nitrogens is 1. The second-order valence-corrected chi connectivity index (χ2v) is 5.87. The van der Waals surface area contributed by atoms with E-state index in [0.717, 1.165) is 20.9 Å². The zero-order chi connectivity index (χ0) is 16.9. The molecule has 7 heteroatoms. The number of H-pyrrole nitrogens is 1. The Kier molecular flexibility index (Phi) is 4.72. The molecular weight excluding hydrogens is 372 g/mol. The molecule has 0 spiro atoms. The van der Waals surface area contributed by atoms with Crippen LogP contribution in [-0.2, 0) is 9.59 Å². The molecule has 1 heterocycles. The summed E-state index contributed by atoms with van der Waals surface area (Å²) < 4.78 is 0.883. The maximum atomic E-state index is 11.8. The highest BCUT2D eigenvalue weighted by molar-refractivity contribution is 9.10. The molecule has 2 amide bonds. The zero-order valence-corrected chi connectivity index (χ0v) is 14.0. The number of hydrazone groups is 1. The van der Waals surface area contributed by atoms with Gasteiger partial charge < -0.3 is 10.3 Å². The van der Waals surface area contributed by atoms with Gasteiger partial charge in [0, 0.05) is 32.8 Å². The van der Waals surface area contributed by atoms with Crippen LogP contribution in [0, 0.1) is 0 Å². The number of hydrogen-bond acceptors (Lipinski definition) is 3. The molecule has 0 unspecified atom stereocenters. The molecule has 0 fully saturated rings. The van der Waals surface area contributed by atoms with Crippen molar-refractivity contribution < 1.29 is 9.59 Å². The van der Waals surface area contributed by atoms with Gasteiger partial charge >= 0.3 is 11.8 Å². The van der Waals surface area contributed by atoms with E-state index < -0.39 is 11.8 Å². The first-order chi connectivity index (χ1) is 11.6. The third kappa shape index (κ3) is 3.69. The highest BCUT2D eigenvalue weighted by Crippen LogP contribution is 2.15. The summed E-state index contributed by atoms with van der Waals surface area (Å²) >= 11 is 3.30. The maximum Gasteiger partial charge on any atom is 0.329 e. The monoisotopic (exact) mass is 384 g/mol. The average Bonchev–Trinajstić information content (AvgIpc) is 3.00. The van der Waals surface area contributed by atoms with Crippen LogP contribution in [0.1, 0.15) is 5.56 Å². The fourth-order valence-corrected chi connectivity index (χ4v) is 2.40. The topological polar surface area (TPSA) is 86.3 Å². The van der Waals surface area contributed by atoms with Crippen LogP contribution in [0.15, 0.2) is 64.3 Å². The second-order valence-electron chi connectivity index (χ2n) is 4.95. The molecule has 0 aliphatic rings. The van der Waals surface area contributed by atoms with Crippen LogP contribution >= 0.6 is 15.9 Å². The molecular formula is C17H13BrN4O2. The molecule has 1 aromatic heterocycles. The van der Waals surface area contributed by atoms with Gasteiger partial charge in [0.25, 0.3) is 0 Å². The Morgan fingerprint density at radius 3 is 2.58 bits per heavy atom.